The van der Waals surface area contributed by atoms with E-state index in [1.54, 1.807) is 6.33 Å². The lowest BCUT2D eigenvalue weighted by molar-refractivity contribution is 0.467. The van der Waals surface area contributed by atoms with Crippen molar-refractivity contribution in [1.82, 2.24) is 20.1 Å². The first kappa shape index (κ1) is 12.6. The highest BCUT2D eigenvalue weighted by Crippen LogP contribution is 2.41. The topological polar surface area (TPSA) is 42.7 Å². The zero-order chi connectivity index (χ0) is 13.2. The van der Waals surface area contributed by atoms with Crippen LogP contribution in [0.15, 0.2) is 30.6 Å². The van der Waals surface area contributed by atoms with Gasteiger partial charge in [0.2, 0.25) is 0 Å². The maximum absolute atomic E-state index is 5.95. The van der Waals surface area contributed by atoms with Gasteiger partial charge >= 0.3 is 0 Å². The molecule has 0 spiro atoms. The number of aromatic nitrogens is 3. The van der Waals surface area contributed by atoms with Gasteiger partial charge in [0, 0.05) is 18.1 Å². The summed E-state index contributed by atoms with van der Waals surface area (Å²) in [6.45, 7) is 0.736. The number of hydrogen-bond donors (Lipinski definition) is 1. The Balaban J connectivity index is 1.71. The van der Waals surface area contributed by atoms with E-state index in [2.05, 4.69) is 27.6 Å². The monoisotopic (exact) mass is 276 g/mol. The van der Waals surface area contributed by atoms with Gasteiger partial charge in [-0.3, -0.25) is 0 Å². The summed E-state index contributed by atoms with van der Waals surface area (Å²) < 4.78 is 1.94. The van der Waals surface area contributed by atoms with E-state index in [4.69, 9.17) is 11.6 Å². The lowest BCUT2D eigenvalue weighted by atomic mass is 10.0. The Morgan fingerprint density at radius 3 is 2.68 bits per heavy atom. The van der Waals surface area contributed by atoms with Crippen LogP contribution in [0.4, 0.5) is 0 Å². The first-order valence-electron chi connectivity index (χ1n) is 6.56. The molecule has 1 fully saturated rings. The molecule has 1 aliphatic rings. The molecule has 0 aliphatic heterocycles. The van der Waals surface area contributed by atoms with Crippen molar-refractivity contribution in [2.24, 2.45) is 13.0 Å². The summed E-state index contributed by atoms with van der Waals surface area (Å²) in [5.41, 5.74) is 1.30. The molecule has 3 rings (SSSR count). The second-order valence-electron chi connectivity index (χ2n) is 5.11. The van der Waals surface area contributed by atoms with Crippen molar-refractivity contribution in [3.8, 4) is 0 Å². The Morgan fingerprint density at radius 1 is 1.37 bits per heavy atom. The van der Waals surface area contributed by atoms with Gasteiger partial charge in [0.1, 0.15) is 12.2 Å². The lowest BCUT2D eigenvalue weighted by Gasteiger charge is -2.18. The van der Waals surface area contributed by atoms with Gasteiger partial charge in [-0.25, -0.2) is 0 Å². The van der Waals surface area contributed by atoms with Crippen LogP contribution in [0.25, 0.3) is 0 Å². The highest BCUT2D eigenvalue weighted by atomic mass is 35.5. The molecule has 1 heterocycles. The Kier molecular flexibility index (Phi) is 3.53. The van der Waals surface area contributed by atoms with Crippen molar-refractivity contribution in [3.05, 3.63) is 47.0 Å². The maximum Gasteiger partial charge on any atom is 0.146 e. The molecule has 0 saturated heterocycles. The van der Waals surface area contributed by atoms with E-state index in [1.807, 2.05) is 23.7 Å². The molecule has 0 radical (unpaired) electrons. The zero-order valence-electron chi connectivity index (χ0n) is 10.9. The predicted octanol–water partition coefficient (Wildman–Crippen LogP) is 2.71. The molecular weight excluding hydrogens is 260 g/mol. The van der Waals surface area contributed by atoms with Crippen molar-refractivity contribution in [3.63, 3.8) is 0 Å². The number of halogens is 1. The quantitative estimate of drug-likeness (QED) is 0.913. The Morgan fingerprint density at radius 2 is 2.11 bits per heavy atom. The second kappa shape index (κ2) is 5.31. The van der Waals surface area contributed by atoms with Crippen LogP contribution in [-0.2, 0) is 13.6 Å². The van der Waals surface area contributed by atoms with Gasteiger partial charge in [-0.15, -0.1) is 10.2 Å². The minimum atomic E-state index is 0.383. The normalized spacial score (nSPS) is 16.5. The fraction of sp³-hybridized carbons (Fsp3) is 0.429. The Labute approximate surface area is 117 Å². The van der Waals surface area contributed by atoms with Gasteiger partial charge in [-0.1, -0.05) is 23.7 Å². The van der Waals surface area contributed by atoms with Crippen molar-refractivity contribution in [2.45, 2.75) is 25.4 Å². The average molecular weight is 277 g/mol. The molecule has 1 N–H and O–H groups in total. The molecule has 1 aliphatic carbocycles. The van der Waals surface area contributed by atoms with Crippen LogP contribution in [0.2, 0.25) is 5.02 Å². The standard InChI is InChI=1S/C14H17ClN4/c1-19-9-17-18-13(19)8-16-14(10-2-3-10)11-4-6-12(15)7-5-11/h4-7,9-10,14,16H,2-3,8H2,1H3. The third-order valence-electron chi connectivity index (χ3n) is 3.61. The zero-order valence-corrected chi connectivity index (χ0v) is 11.6. The number of rotatable bonds is 5. The summed E-state index contributed by atoms with van der Waals surface area (Å²) in [5, 5.41) is 12.4. The van der Waals surface area contributed by atoms with E-state index >= 15 is 0 Å². The third-order valence-corrected chi connectivity index (χ3v) is 3.86. The van der Waals surface area contributed by atoms with Gasteiger partial charge in [0.25, 0.3) is 0 Å². The van der Waals surface area contributed by atoms with Crippen molar-refractivity contribution in [2.75, 3.05) is 0 Å². The molecule has 1 atom stereocenters. The van der Waals surface area contributed by atoms with Crippen LogP contribution in [0.5, 0.6) is 0 Å². The first-order valence-corrected chi connectivity index (χ1v) is 6.93. The van der Waals surface area contributed by atoms with Crippen LogP contribution < -0.4 is 5.32 Å². The molecule has 1 unspecified atom stereocenters. The summed E-state index contributed by atoms with van der Waals surface area (Å²) in [6.07, 6.45) is 4.31. The van der Waals surface area contributed by atoms with E-state index in [1.165, 1.54) is 18.4 Å². The van der Waals surface area contributed by atoms with E-state index in [-0.39, 0.29) is 0 Å². The van der Waals surface area contributed by atoms with E-state index in [9.17, 15) is 0 Å². The molecule has 5 heteroatoms. The number of nitrogens with zero attached hydrogens (tertiary/aromatic N) is 3. The summed E-state index contributed by atoms with van der Waals surface area (Å²) in [6, 6.07) is 8.50. The average Bonchev–Trinajstić information content (AvgIpc) is 3.16. The SMILES string of the molecule is Cn1cnnc1CNC(c1ccc(Cl)cc1)C1CC1. The van der Waals surface area contributed by atoms with Crippen LogP contribution in [0.3, 0.4) is 0 Å². The molecular formula is C14H17ClN4. The van der Waals surface area contributed by atoms with E-state index < -0.39 is 0 Å². The summed E-state index contributed by atoms with van der Waals surface area (Å²) in [7, 11) is 1.96. The van der Waals surface area contributed by atoms with Crippen LogP contribution in [0, 0.1) is 5.92 Å². The predicted molar refractivity (Wildman–Crippen MR) is 74.8 cm³/mol. The fourth-order valence-electron chi connectivity index (χ4n) is 2.32. The third kappa shape index (κ3) is 2.96. The molecule has 1 aromatic carbocycles. The summed E-state index contributed by atoms with van der Waals surface area (Å²) in [4.78, 5) is 0. The van der Waals surface area contributed by atoms with Gasteiger partial charge < -0.3 is 9.88 Å². The van der Waals surface area contributed by atoms with Crippen LogP contribution >= 0.6 is 11.6 Å². The second-order valence-corrected chi connectivity index (χ2v) is 5.54. The van der Waals surface area contributed by atoms with E-state index in [0.717, 1.165) is 23.3 Å². The minimum Gasteiger partial charge on any atom is -0.320 e. The molecule has 4 nitrogen and oxygen atoms in total. The van der Waals surface area contributed by atoms with Gasteiger partial charge in [-0.2, -0.15) is 0 Å². The Hall–Kier alpha value is -1.39. The van der Waals surface area contributed by atoms with Crippen molar-refractivity contribution < 1.29 is 0 Å². The number of nitrogens with one attached hydrogen (secondary N) is 1. The van der Waals surface area contributed by atoms with Gasteiger partial charge in [0.15, 0.2) is 0 Å². The minimum absolute atomic E-state index is 0.383. The first-order chi connectivity index (χ1) is 9.24. The smallest absolute Gasteiger partial charge is 0.146 e. The highest BCUT2D eigenvalue weighted by molar-refractivity contribution is 6.30. The number of hydrogen-bond acceptors (Lipinski definition) is 3. The largest absolute Gasteiger partial charge is 0.320 e. The maximum atomic E-state index is 5.95. The fourth-order valence-corrected chi connectivity index (χ4v) is 2.45. The molecule has 1 aromatic heterocycles. The van der Waals surface area contributed by atoms with Crippen LogP contribution in [0.1, 0.15) is 30.3 Å². The number of benzene rings is 1. The molecule has 1 saturated carbocycles. The molecule has 19 heavy (non-hydrogen) atoms. The molecule has 100 valence electrons. The van der Waals surface area contributed by atoms with Crippen LogP contribution in [-0.4, -0.2) is 14.8 Å². The Bertz CT molecular complexity index is 545. The summed E-state index contributed by atoms with van der Waals surface area (Å²) >= 11 is 5.95. The van der Waals surface area contributed by atoms with Gasteiger partial charge in [-0.05, 0) is 36.5 Å². The molecule has 0 amide bonds. The highest BCUT2D eigenvalue weighted by Gasteiger charge is 2.32. The number of aryl methyl sites for hydroxylation is 1. The van der Waals surface area contributed by atoms with E-state index in [0.29, 0.717) is 6.04 Å². The lowest BCUT2D eigenvalue weighted by Crippen LogP contribution is -2.24. The molecule has 2 aromatic rings. The van der Waals surface area contributed by atoms with Crippen molar-refractivity contribution >= 4 is 11.6 Å². The van der Waals surface area contributed by atoms with Crippen molar-refractivity contribution in [1.29, 1.82) is 0 Å². The molecule has 0 bridgehead atoms. The van der Waals surface area contributed by atoms with Gasteiger partial charge in [0.05, 0.1) is 6.54 Å². The summed E-state index contributed by atoms with van der Waals surface area (Å²) in [5.74, 6) is 1.69.